The van der Waals surface area contributed by atoms with E-state index in [0.717, 1.165) is 45.6 Å². The van der Waals surface area contributed by atoms with Crippen molar-refractivity contribution in [3.8, 4) is 11.3 Å². The molecule has 1 atom stereocenters. The van der Waals surface area contributed by atoms with Crippen LogP contribution in [0, 0.1) is 0 Å². The van der Waals surface area contributed by atoms with Gasteiger partial charge in [0, 0.05) is 63.7 Å². The smallest absolute Gasteiger partial charge is 0.247 e. The normalized spacial score (nSPS) is 13.2. The fourth-order valence-electron chi connectivity index (χ4n) is 6.06. The van der Waals surface area contributed by atoms with Gasteiger partial charge in [-0.25, -0.2) is 0 Å². The van der Waals surface area contributed by atoms with Crippen LogP contribution in [0.4, 0.5) is 5.69 Å². The zero-order valence-electron chi connectivity index (χ0n) is 27.0. The fraction of sp³-hybridized carbons (Fsp3) is 0.195. The van der Waals surface area contributed by atoms with Crippen LogP contribution in [0.5, 0.6) is 0 Å². The zero-order valence-corrected chi connectivity index (χ0v) is 27.0. The van der Waals surface area contributed by atoms with Gasteiger partial charge >= 0.3 is 0 Å². The molecule has 0 radical (unpaired) electrons. The lowest BCUT2D eigenvalue weighted by Crippen LogP contribution is -2.52. The highest BCUT2D eigenvalue weighted by Crippen LogP contribution is 2.24. The molecule has 0 saturated carbocycles. The van der Waals surface area contributed by atoms with Crippen LogP contribution in [0.3, 0.4) is 0 Å². The van der Waals surface area contributed by atoms with Gasteiger partial charge in [-0.05, 0) is 64.6 Å². The van der Waals surface area contributed by atoms with E-state index in [1.807, 2.05) is 133 Å². The lowest BCUT2D eigenvalue weighted by molar-refractivity contribution is -0.144. The number of hydrogen-bond acceptors (Lipinski definition) is 4. The summed E-state index contributed by atoms with van der Waals surface area (Å²) in [5.41, 5.74) is 8.28. The van der Waals surface area contributed by atoms with Gasteiger partial charge in [0.25, 0.3) is 0 Å². The van der Waals surface area contributed by atoms with Crippen LogP contribution in [0.2, 0.25) is 0 Å². The van der Waals surface area contributed by atoms with Crippen molar-refractivity contribution in [2.45, 2.75) is 32.0 Å². The van der Waals surface area contributed by atoms with Crippen LogP contribution >= 0.6 is 0 Å². The molecule has 2 amide bonds. The van der Waals surface area contributed by atoms with Crippen molar-refractivity contribution in [2.24, 2.45) is 0 Å². The number of nitrogens with zero attached hydrogens (tertiary/aromatic N) is 4. The monoisotopic (exact) mass is 620 g/mol. The number of pyridine rings is 1. The molecule has 1 aromatic heterocycles. The molecule has 1 aliphatic rings. The van der Waals surface area contributed by atoms with Gasteiger partial charge in [0.1, 0.15) is 6.04 Å². The Hall–Kier alpha value is -5.49. The third kappa shape index (κ3) is 7.85. The number of aromatic nitrogens is 1. The number of amides is 2. The first-order valence-corrected chi connectivity index (χ1v) is 16.1. The van der Waals surface area contributed by atoms with Gasteiger partial charge in [0.15, 0.2) is 0 Å². The predicted octanol–water partition coefficient (Wildman–Crippen LogP) is 7.05. The quantitative estimate of drug-likeness (QED) is 0.157. The van der Waals surface area contributed by atoms with E-state index in [0.29, 0.717) is 26.1 Å². The number of rotatable bonds is 10. The first-order chi connectivity index (χ1) is 22.9. The molecular weight excluding hydrogens is 580 g/mol. The van der Waals surface area contributed by atoms with Gasteiger partial charge in [-0.1, -0.05) is 97.1 Å². The Morgan fingerprint density at radius 2 is 1.49 bits per heavy atom. The Kier molecular flexibility index (Phi) is 9.87. The summed E-state index contributed by atoms with van der Waals surface area (Å²) in [7, 11) is 4.00. The average Bonchev–Trinajstić information content (AvgIpc) is 3.12. The molecule has 0 saturated heterocycles. The molecule has 6 rings (SSSR count). The molecule has 1 aliphatic heterocycles. The van der Waals surface area contributed by atoms with Crippen LogP contribution in [-0.4, -0.2) is 53.3 Å². The molecule has 0 bridgehead atoms. The summed E-state index contributed by atoms with van der Waals surface area (Å²) in [5.74, 6) is -0.243. The molecule has 0 aliphatic carbocycles. The Morgan fingerprint density at radius 3 is 2.19 bits per heavy atom. The van der Waals surface area contributed by atoms with Gasteiger partial charge < -0.3 is 14.7 Å². The van der Waals surface area contributed by atoms with Crippen molar-refractivity contribution in [1.29, 1.82) is 0 Å². The topological polar surface area (TPSA) is 56.8 Å². The van der Waals surface area contributed by atoms with Crippen LogP contribution < -0.4 is 4.90 Å². The van der Waals surface area contributed by atoms with E-state index in [4.69, 9.17) is 0 Å². The SMILES string of the molecule is CN(C)c1ccc(/C=C/C(=O)N(Cc2ccc(-c3ccccn3)cc2)[C@@H](Cc2ccccc2)C(=O)N2CCc3ccccc3C2)cc1. The van der Waals surface area contributed by atoms with E-state index in [1.165, 1.54) is 5.56 Å². The van der Waals surface area contributed by atoms with Crippen molar-refractivity contribution in [3.63, 3.8) is 0 Å². The van der Waals surface area contributed by atoms with Crippen LogP contribution in [0.1, 0.15) is 27.8 Å². The summed E-state index contributed by atoms with van der Waals surface area (Å²) in [6, 6.07) is 39.6. The number of carbonyl (C=O) groups is 2. The number of carbonyl (C=O) groups excluding carboxylic acids is 2. The molecule has 6 heteroatoms. The lowest BCUT2D eigenvalue weighted by Gasteiger charge is -2.37. The van der Waals surface area contributed by atoms with Gasteiger partial charge in [-0.3, -0.25) is 14.6 Å². The largest absolute Gasteiger partial charge is 0.378 e. The van der Waals surface area contributed by atoms with Crippen molar-refractivity contribution in [3.05, 3.63) is 161 Å². The number of hydrogen-bond donors (Lipinski definition) is 0. The minimum Gasteiger partial charge on any atom is -0.378 e. The van der Waals surface area contributed by atoms with Crippen molar-refractivity contribution in [2.75, 3.05) is 25.5 Å². The van der Waals surface area contributed by atoms with Crippen LogP contribution in [0.25, 0.3) is 17.3 Å². The van der Waals surface area contributed by atoms with E-state index in [-0.39, 0.29) is 11.8 Å². The summed E-state index contributed by atoms with van der Waals surface area (Å²) < 4.78 is 0. The second-order valence-corrected chi connectivity index (χ2v) is 12.2. The van der Waals surface area contributed by atoms with E-state index in [9.17, 15) is 9.59 Å². The van der Waals surface area contributed by atoms with Crippen LogP contribution in [-0.2, 0) is 35.5 Å². The van der Waals surface area contributed by atoms with E-state index < -0.39 is 6.04 Å². The summed E-state index contributed by atoms with van der Waals surface area (Å²) in [6.07, 6.45) is 6.43. The molecule has 0 N–H and O–H groups in total. The van der Waals surface area contributed by atoms with Crippen molar-refractivity contribution < 1.29 is 9.59 Å². The van der Waals surface area contributed by atoms with E-state index >= 15 is 0 Å². The van der Waals surface area contributed by atoms with Gasteiger partial charge in [0.2, 0.25) is 11.8 Å². The third-order valence-electron chi connectivity index (χ3n) is 8.75. The maximum atomic E-state index is 14.6. The second-order valence-electron chi connectivity index (χ2n) is 12.2. The fourth-order valence-corrected chi connectivity index (χ4v) is 6.06. The molecule has 6 nitrogen and oxygen atoms in total. The molecule has 5 aromatic rings. The number of anilines is 1. The molecule has 236 valence electrons. The third-order valence-corrected chi connectivity index (χ3v) is 8.75. The molecule has 0 fully saturated rings. The zero-order chi connectivity index (χ0) is 32.6. The molecule has 4 aromatic carbocycles. The molecule has 2 heterocycles. The highest BCUT2D eigenvalue weighted by Gasteiger charge is 2.34. The van der Waals surface area contributed by atoms with E-state index in [2.05, 4.69) is 23.2 Å². The Morgan fingerprint density at radius 1 is 0.787 bits per heavy atom. The van der Waals surface area contributed by atoms with Crippen molar-refractivity contribution in [1.82, 2.24) is 14.8 Å². The highest BCUT2D eigenvalue weighted by molar-refractivity contribution is 5.96. The van der Waals surface area contributed by atoms with Gasteiger partial charge in [-0.15, -0.1) is 0 Å². The number of fused-ring (bicyclic) bond motifs is 1. The molecule has 47 heavy (non-hydrogen) atoms. The van der Waals surface area contributed by atoms with Gasteiger partial charge in [0.05, 0.1) is 5.69 Å². The second kappa shape index (κ2) is 14.7. The summed E-state index contributed by atoms with van der Waals surface area (Å²) in [4.78, 5) is 39.0. The summed E-state index contributed by atoms with van der Waals surface area (Å²) >= 11 is 0. The minimum absolute atomic E-state index is 0.0365. The number of benzene rings is 4. The van der Waals surface area contributed by atoms with Crippen LogP contribution in [0.15, 0.2) is 134 Å². The van der Waals surface area contributed by atoms with Gasteiger partial charge in [-0.2, -0.15) is 0 Å². The predicted molar refractivity (Wildman–Crippen MR) is 190 cm³/mol. The first kappa shape index (κ1) is 31.5. The molecular formula is C41H40N4O2. The summed E-state index contributed by atoms with van der Waals surface area (Å²) in [6.45, 7) is 1.45. The average molecular weight is 621 g/mol. The maximum absolute atomic E-state index is 14.6. The Bertz CT molecular complexity index is 1820. The molecule has 0 spiro atoms. The maximum Gasteiger partial charge on any atom is 0.247 e. The summed E-state index contributed by atoms with van der Waals surface area (Å²) in [5, 5.41) is 0. The Labute approximate surface area is 277 Å². The first-order valence-electron chi connectivity index (χ1n) is 16.1. The highest BCUT2D eigenvalue weighted by atomic mass is 16.2. The standard InChI is InChI=1S/C41H40N4O2/c1-43(2)37-22-17-31(18-23-37)19-24-40(46)45(29-33-15-20-35(21-16-33)38-14-8-9-26-42-38)39(28-32-10-4-3-5-11-32)41(47)44-27-25-34-12-6-7-13-36(34)30-44/h3-24,26,39H,25,27-30H2,1-2H3/b24-19+/t39-/m0/s1. The Balaban J connectivity index is 1.33. The lowest BCUT2D eigenvalue weighted by atomic mass is 9.97. The molecule has 0 unspecified atom stereocenters. The van der Waals surface area contributed by atoms with Crippen molar-refractivity contribution >= 4 is 23.6 Å². The van der Waals surface area contributed by atoms with E-state index in [1.54, 1.807) is 17.2 Å². The minimum atomic E-state index is -0.689.